The first-order valence-electron chi connectivity index (χ1n) is 5.93. The molecular weight excluding hydrogens is 301 g/mol. The molecule has 0 saturated carbocycles. The fourth-order valence-electron chi connectivity index (χ4n) is 1.84. The maximum Gasteiger partial charge on any atom is 0.0760 e. The third-order valence-electron chi connectivity index (χ3n) is 2.94. The van der Waals surface area contributed by atoms with E-state index in [4.69, 9.17) is 34.8 Å². The molecule has 0 saturated heterocycles. The largest absolute Gasteiger partial charge is 0.373 e. The minimum atomic E-state index is -0.139. The number of halogens is 3. The first kappa shape index (κ1) is 14.5. The molecule has 0 amide bonds. The Balaban J connectivity index is 2.08. The number of hydrogen-bond donors (Lipinski definition) is 0. The Morgan fingerprint density at radius 2 is 1.68 bits per heavy atom. The second-order valence-electron chi connectivity index (χ2n) is 4.36. The maximum absolute atomic E-state index is 6.43. The molecule has 0 heterocycles. The molecule has 2 aromatic rings. The Kier molecular flexibility index (Phi) is 4.98. The Labute approximate surface area is 128 Å². The highest BCUT2D eigenvalue weighted by atomic mass is 35.5. The number of alkyl halides is 1. The monoisotopic (exact) mass is 313 g/mol. The minimum absolute atomic E-state index is 0.139. The first-order chi connectivity index (χ1) is 9.08. The van der Waals surface area contributed by atoms with Crippen LogP contribution in [0.15, 0.2) is 48.5 Å². The van der Waals surface area contributed by atoms with Gasteiger partial charge in [-0.25, -0.2) is 0 Å². The summed E-state index contributed by atoms with van der Waals surface area (Å²) in [5.74, 6) is 0. The lowest BCUT2D eigenvalue weighted by atomic mass is 10.1. The number of rotatable bonds is 4. The van der Waals surface area contributed by atoms with Crippen molar-refractivity contribution in [3.8, 4) is 0 Å². The van der Waals surface area contributed by atoms with E-state index in [0.29, 0.717) is 16.6 Å². The second kappa shape index (κ2) is 6.51. The normalized spacial score (nSPS) is 12.2. The van der Waals surface area contributed by atoms with Gasteiger partial charge >= 0.3 is 0 Å². The summed E-state index contributed by atoms with van der Waals surface area (Å²) >= 11 is 18.3. The highest BCUT2D eigenvalue weighted by molar-refractivity contribution is 6.42. The molecule has 1 atom stereocenters. The molecule has 0 N–H and O–H groups in total. The van der Waals surface area contributed by atoms with Crippen molar-refractivity contribution in [3.63, 3.8) is 0 Å². The zero-order valence-electron chi connectivity index (χ0n) is 10.5. The van der Waals surface area contributed by atoms with Crippen LogP contribution in [0, 0.1) is 0 Å². The lowest BCUT2D eigenvalue weighted by molar-refractivity contribution is 0.851. The quantitative estimate of drug-likeness (QED) is 0.682. The molecule has 4 heteroatoms. The molecule has 0 fully saturated rings. The summed E-state index contributed by atoms with van der Waals surface area (Å²) < 4.78 is 0. The van der Waals surface area contributed by atoms with Gasteiger partial charge in [-0.15, -0.1) is 11.6 Å². The van der Waals surface area contributed by atoms with Crippen molar-refractivity contribution in [1.29, 1.82) is 0 Å². The molecule has 0 aliphatic heterocycles. The molecule has 0 aliphatic carbocycles. The molecule has 2 rings (SSSR count). The molecule has 0 bridgehead atoms. The number of nitrogens with zero attached hydrogens (tertiary/aromatic N) is 1. The van der Waals surface area contributed by atoms with E-state index in [1.54, 1.807) is 6.07 Å². The van der Waals surface area contributed by atoms with Crippen LogP contribution in [-0.4, -0.2) is 13.6 Å². The zero-order chi connectivity index (χ0) is 13.8. The van der Waals surface area contributed by atoms with Gasteiger partial charge in [-0.05, 0) is 29.8 Å². The smallest absolute Gasteiger partial charge is 0.0760 e. The van der Waals surface area contributed by atoms with E-state index in [-0.39, 0.29) is 5.38 Å². The number of likely N-dealkylation sites (N-methyl/N-ethyl adjacent to an activating group) is 1. The summed E-state index contributed by atoms with van der Waals surface area (Å²) in [7, 11) is 2.02. The molecule has 0 radical (unpaired) electrons. The Bertz CT molecular complexity index is 542. The molecule has 0 aliphatic rings. The van der Waals surface area contributed by atoms with Gasteiger partial charge in [0.1, 0.15) is 0 Å². The third kappa shape index (κ3) is 3.79. The van der Waals surface area contributed by atoms with E-state index in [0.717, 1.165) is 11.3 Å². The van der Waals surface area contributed by atoms with Gasteiger partial charge in [0.25, 0.3) is 0 Å². The molecule has 2 aromatic carbocycles. The van der Waals surface area contributed by atoms with E-state index in [2.05, 4.69) is 17.0 Å². The Morgan fingerprint density at radius 1 is 1.00 bits per heavy atom. The van der Waals surface area contributed by atoms with Crippen molar-refractivity contribution in [2.45, 2.75) is 5.38 Å². The first-order valence-corrected chi connectivity index (χ1v) is 7.12. The van der Waals surface area contributed by atoms with Gasteiger partial charge in [-0.1, -0.05) is 47.5 Å². The molecule has 1 unspecified atom stereocenters. The Hall–Kier alpha value is -0.890. The van der Waals surface area contributed by atoms with Gasteiger partial charge in [0.2, 0.25) is 0 Å². The standard InChI is InChI=1S/C15H14Cl3N/c1-19(12-5-3-2-4-6-12)10-15(18)11-7-8-13(16)14(17)9-11/h2-9,15H,10H2,1H3. The SMILES string of the molecule is CN(CC(Cl)c1ccc(Cl)c(Cl)c1)c1ccccc1. The van der Waals surface area contributed by atoms with Crippen LogP contribution < -0.4 is 4.90 Å². The molecule has 0 spiro atoms. The van der Waals surface area contributed by atoms with E-state index in [9.17, 15) is 0 Å². The molecular formula is C15H14Cl3N. The van der Waals surface area contributed by atoms with Gasteiger partial charge in [0.15, 0.2) is 0 Å². The van der Waals surface area contributed by atoms with Crippen molar-refractivity contribution in [3.05, 3.63) is 64.1 Å². The van der Waals surface area contributed by atoms with Crippen molar-refractivity contribution >= 4 is 40.5 Å². The number of para-hydroxylation sites is 1. The van der Waals surface area contributed by atoms with Crippen LogP contribution in [0.4, 0.5) is 5.69 Å². The lowest BCUT2D eigenvalue weighted by Gasteiger charge is -2.22. The van der Waals surface area contributed by atoms with Gasteiger partial charge in [0, 0.05) is 19.3 Å². The van der Waals surface area contributed by atoms with Gasteiger partial charge in [0.05, 0.1) is 15.4 Å². The van der Waals surface area contributed by atoms with Gasteiger partial charge < -0.3 is 4.90 Å². The highest BCUT2D eigenvalue weighted by Gasteiger charge is 2.12. The summed E-state index contributed by atoms with van der Waals surface area (Å²) in [4.78, 5) is 2.11. The summed E-state index contributed by atoms with van der Waals surface area (Å²) in [6.45, 7) is 0.698. The van der Waals surface area contributed by atoms with Crippen LogP contribution in [0.3, 0.4) is 0 Å². The minimum Gasteiger partial charge on any atom is -0.373 e. The number of anilines is 1. The van der Waals surface area contributed by atoms with Crippen LogP contribution in [0.25, 0.3) is 0 Å². The predicted molar refractivity (Wildman–Crippen MR) is 84.8 cm³/mol. The average molecular weight is 315 g/mol. The van der Waals surface area contributed by atoms with E-state index < -0.39 is 0 Å². The average Bonchev–Trinajstić information content (AvgIpc) is 2.42. The lowest BCUT2D eigenvalue weighted by Crippen LogP contribution is -2.21. The molecule has 100 valence electrons. The van der Waals surface area contributed by atoms with E-state index >= 15 is 0 Å². The van der Waals surface area contributed by atoms with Crippen molar-refractivity contribution < 1.29 is 0 Å². The van der Waals surface area contributed by atoms with Crippen molar-refractivity contribution in [1.82, 2.24) is 0 Å². The number of hydrogen-bond acceptors (Lipinski definition) is 1. The van der Waals surface area contributed by atoms with Gasteiger partial charge in [-0.3, -0.25) is 0 Å². The second-order valence-corrected chi connectivity index (χ2v) is 5.70. The summed E-state index contributed by atoms with van der Waals surface area (Å²) in [6.07, 6.45) is 0. The summed E-state index contributed by atoms with van der Waals surface area (Å²) in [5, 5.41) is 0.942. The molecule has 19 heavy (non-hydrogen) atoms. The van der Waals surface area contributed by atoms with Crippen LogP contribution in [0.2, 0.25) is 10.0 Å². The van der Waals surface area contributed by atoms with Crippen molar-refractivity contribution in [2.75, 3.05) is 18.5 Å². The van der Waals surface area contributed by atoms with E-state index in [1.807, 2.05) is 37.4 Å². The Morgan fingerprint density at radius 3 is 2.32 bits per heavy atom. The maximum atomic E-state index is 6.43. The predicted octanol–water partition coefficient (Wildman–Crippen LogP) is 5.41. The van der Waals surface area contributed by atoms with E-state index in [1.165, 1.54) is 0 Å². The number of benzene rings is 2. The fraction of sp³-hybridized carbons (Fsp3) is 0.200. The van der Waals surface area contributed by atoms with Crippen LogP contribution in [0.5, 0.6) is 0 Å². The summed E-state index contributed by atoms with van der Waals surface area (Å²) in [6, 6.07) is 15.6. The van der Waals surface area contributed by atoms with Crippen LogP contribution in [-0.2, 0) is 0 Å². The molecule has 0 aromatic heterocycles. The van der Waals surface area contributed by atoms with Crippen LogP contribution >= 0.6 is 34.8 Å². The van der Waals surface area contributed by atoms with Crippen LogP contribution in [0.1, 0.15) is 10.9 Å². The zero-order valence-corrected chi connectivity index (χ0v) is 12.8. The topological polar surface area (TPSA) is 3.24 Å². The third-order valence-corrected chi connectivity index (χ3v) is 4.07. The highest BCUT2D eigenvalue weighted by Crippen LogP contribution is 2.29. The molecule has 1 nitrogen and oxygen atoms in total. The summed E-state index contributed by atoms with van der Waals surface area (Å²) in [5.41, 5.74) is 2.10. The van der Waals surface area contributed by atoms with Gasteiger partial charge in [-0.2, -0.15) is 0 Å². The van der Waals surface area contributed by atoms with Crippen molar-refractivity contribution in [2.24, 2.45) is 0 Å². The fourth-order valence-corrected chi connectivity index (χ4v) is 2.49.